The lowest BCUT2D eigenvalue weighted by Crippen LogP contribution is -2.39. The zero-order chi connectivity index (χ0) is 12.4. The third-order valence-corrected chi connectivity index (χ3v) is 4.34. The zero-order valence-electron chi connectivity index (χ0n) is 9.68. The Morgan fingerprint density at radius 3 is 2.76 bits per heavy atom. The van der Waals surface area contributed by atoms with Gasteiger partial charge in [-0.15, -0.1) is 0 Å². The van der Waals surface area contributed by atoms with Gasteiger partial charge in [0.1, 0.15) is 10.8 Å². The van der Waals surface area contributed by atoms with Crippen LogP contribution in [0.4, 0.5) is 5.82 Å². The number of hydrogen-bond acceptors (Lipinski definition) is 4. The fraction of sp³-hybridized carbons (Fsp3) is 0.455. The van der Waals surface area contributed by atoms with E-state index >= 15 is 0 Å². The van der Waals surface area contributed by atoms with Crippen LogP contribution >= 0.6 is 12.2 Å². The highest BCUT2D eigenvalue weighted by atomic mass is 32.2. The molecule has 1 saturated heterocycles. The average molecular weight is 269 g/mol. The number of aryl methyl sites for hydroxylation is 1. The molecule has 0 aromatic carbocycles. The lowest BCUT2D eigenvalue weighted by atomic mass is 10.1. The first-order chi connectivity index (χ1) is 8.09. The third kappa shape index (κ3) is 2.63. The molecule has 0 bridgehead atoms. The summed E-state index contributed by atoms with van der Waals surface area (Å²) in [5.74, 6) is 2.20. The second kappa shape index (κ2) is 5.10. The fourth-order valence-electron chi connectivity index (χ4n) is 1.94. The summed E-state index contributed by atoms with van der Waals surface area (Å²) < 4.78 is 11.3. The summed E-state index contributed by atoms with van der Waals surface area (Å²) in [7, 11) is -0.691. The van der Waals surface area contributed by atoms with Gasteiger partial charge in [0.25, 0.3) is 0 Å². The summed E-state index contributed by atoms with van der Waals surface area (Å²) in [5, 5.41) is 0. The Labute approximate surface area is 109 Å². The standard InChI is InChI=1S/C11H15N3OS2/c1-8-2-3-13-11(9(8)10(12)16)14-4-6-17(15)7-5-14/h2-3H,4-7H2,1H3,(H2,12,16). The molecule has 0 saturated carbocycles. The molecule has 4 nitrogen and oxygen atoms in total. The SMILES string of the molecule is Cc1ccnc(N2CCS(=O)CC2)c1C(N)=S. The van der Waals surface area contributed by atoms with Gasteiger partial charge in [-0.2, -0.15) is 0 Å². The Morgan fingerprint density at radius 2 is 2.18 bits per heavy atom. The molecule has 1 aromatic rings. The van der Waals surface area contributed by atoms with Crippen molar-refractivity contribution in [3.8, 4) is 0 Å². The third-order valence-electron chi connectivity index (χ3n) is 2.86. The van der Waals surface area contributed by atoms with Crippen LogP contribution in [0.15, 0.2) is 12.3 Å². The van der Waals surface area contributed by atoms with Crippen molar-refractivity contribution < 1.29 is 4.21 Å². The second-order valence-corrected chi connectivity index (χ2v) is 6.16. The van der Waals surface area contributed by atoms with Crippen LogP contribution in [-0.2, 0) is 10.8 Å². The molecule has 1 aliphatic heterocycles. The molecule has 0 unspecified atom stereocenters. The largest absolute Gasteiger partial charge is 0.389 e. The number of rotatable bonds is 2. The predicted molar refractivity (Wildman–Crippen MR) is 75.0 cm³/mol. The van der Waals surface area contributed by atoms with Crippen LogP contribution in [0.3, 0.4) is 0 Å². The van der Waals surface area contributed by atoms with Gasteiger partial charge in [-0.3, -0.25) is 4.21 Å². The van der Waals surface area contributed by atoms with Crippen LogP contribution in [0, 0.1) is 6.92 Å². The number of aromatic nitrogens is 1. The number of pyridine rings is 1. The maximum Gasteiger partial charge on any atom is 0.139 e. The summed E-state index contributed by atoms with van der Waals surface area (Å²) in [6.07, 6.45) is 1.76. The quantitative estimate of drug-likeness (QED) is 0.797. The normalized spacial score (nSPS) is 17.1. The van der Waals surface area contributed by atoms with E-state index in [1.807, 2.05) is 13.0 Å². The van der Waals surface area contributed by atoms with E-state index in [-0.39, 0.29) is 0 Å². The molecule has 2 N–H and O–H groups in total. The van der Waals surface area contributed by atoms with Crippen molar-refractivity contribution in [1.29, 1.82) is 0 Å². The molecule has 0 spiro atoms. The molecule has 0 amide bonds. The minimum Gasteiger partial charge on any atom is -0.389 e. The van der Waals surface area contributed by atoms with Crippen molar-refractivity contribution in [1.82, 2.24) is 4.98 Å². The molecule has 0 aliphatic carbocycles. The minimum absolute atomic E-state index is 0.372. The van der Waals surface area contributed by atoms with Gasteiger partial charge in [-0.1, -0.05) is 12.2 Å². The topological polar surface area (TPSA) is 59.2 Å². The van der Waals surface area contributed by atoms with Crippen molar-refractivity contribution in [3.05, 3.63) is 23.4 Å². The van der Waals surface area contributed by atoms with Gasteiger partial charge in [-0.25, -0.2) is 4.98 Å². The Bertz CT molecular complexity index is 466. The van der Waals surface area contributed by atoms with Crippen molar-refractivity contribution in [2.45, 2.75) is 6.92 Å². The Morgan fingerprint density at radius 1 is 1.53 bits per heavy atom. The molecule has 1 aliphatic rings. The summed E-state index contributed by atoms with van der Waals surface area (Å²) in [5.41, 5.74) is 7.63. The van der Waals surface area contributed by atoms with E-state index in [1.54, 1.807) is 6.20 Å². The number of anilines is 1. The van der Waals surface area contributed by atoms with Gasteiger partial charge >= 0.3 is 0 Å². The molecule has 1 aromatic heterocycles. The lowest BCUT2D eigenvalue weighted by molar-refractivity contribution is 0.672. The predicted octanol–water partition coefficient (Wildman–Crippen LogP) is 0.593. The van der Waals surface area contributed by atoms with Crippen LogP contribution in [-0.4, -0.2) is 38.8 Å². The first kappa shape index (κ1) is 12.4. The van der Waals surface area contributed by atoms with E-state index in [4.69, 9.17) is 18.0 Å². The average Bonchev–Trinajstić information content (AvgIpc) is 2.29. The van der Waals surface area contributed by atoms with Gasteiger partial charge in [0, 0.05) is 41.6 Å². The molecule has 0 radical (unpaired) electrons. The van der Waals surface area contributed by atoms with Gasteiger partial charge in [0.15, 0.2) is 0 Å². The van der Waals surface area contributed by atoms with Crippen LogP contribution in [0.5, 0.6) is 0 Å². The first-order valence-electron chi connectivity index (χ1n) is 5.45. The maximum atomic E-state index is 11.3. The van der Waals surface area contributed by atoms with Crippen molar-refractivity contribution >= 4 is 33.8 Å². The highest BCUT2D eigenvalue weighted by Gasteiger charge is 2.20. The number of nitrogens with two attached hydrogens (primary N) is 1. The smallest absolute Gasteiger partial charge is 0.139 e. The molecule has 6 heteroatoms. The van der Waals surface area contributed by atoms with Gasteiger partial charge < -0.3 is 10.6 Å². The second-order valence-electron chi connectivity index (χ2n) is 4.03. The van der Waals surface area contributed by atoms with Gasteiger partial charge in [0.05, 0.1) is 5.56 Å². The van der Waals surface area contributed by atoms with E-state index in [0.717, 1.165) is 30.0 Å². The first-order valence-corrected chi connectivity index (χ1v) is 7.34. The zero-order valence-corrected chi connectivity index (χ0v) is 11.3. The van der Waals surface area contributed by atoms with E-state index < -0.39 is 10.8 Å². The number of hydrogen-bond donors (Lipinski definition) is 1. The van der Waals surface area contributed by atoms with Crippen molar-refractivity contribution in [2.24, 2.45) is 5.73 Å². The maximum absolute atomic E-state index is 11.3. The van der Waals surface area contributed by atoms with Crippen LogP contribution in [0.25, 0.3) is 0 Å². The van der Waals surface area contributed by atoms with Crippen molar-refractivity contribution in [2.75, 3.05) is 29.5 Å². The van der Waals surface area contributed by atoms with E-state index in [9.17, 15) is 4.21 Å². The van der Waals surface area contributed by atoms with Gasteiger partial charge in [0.2, 0.25) is 0 Å². The summed E-state index contributed by atoms with van der Waals surface area (Å²) in [6, 6.07) is 1.90. The van der Waals surface area contributed by atoms with Crippen LogP contribution in [0.1, 0.15) is 11.1 Å². The highest BCUT2D eigenvalue weighted by Crippen LogP contribution is 2.22. The van der Waals surface area contributed by atoms with Gasteiger partial charge in [-0.05, 0) is 18.6 Å². The minimum atomic E-state index is -0.691. The molecule has 92 valence electrons. The molecule has 17 heavy (non-hydrogen) atoms. The Balaban J connectivity index is 2.35. The molecule has 1 fully saturated rings. The highest BCUT2D eigenvalue weighted by molar-refractivity contribution is 7.85. The summed E-state index contributed by atoms with van der Waals surface area (Å²) in [6.45, 7) is 3.47. The van der Waals surface area contributed by atoms with Crippen molar-refractivity contribution in [3.63, 3.8) is 0 Å². The summed E-state index contributed by atoms with van der Waals surface area (Å²) >= 11 is 5.08. The Kier molecular flexibility index (Phi) is 3.73. The number of thiocarbonyl (C=S) groups is 1. The fourth-order valence-corrected chi connectivity index (χ4v) is 3.24. The van der Waals surface area contributed by atoms with E-state index in [1.165, 1.54) is 0 Å². The van der Waals surface area contributed by atoms with Crippen LogP contribution in [0.2, 0.25) is 0 Å². The molecule has 0 atom stereocenters. The molecular weight excluding hydrogens is 254 g/mol. The summed E-state index contributed by atoms with van der Waals surface area (Å²) in [4.78, 5) is 6.86. The monoisotopic (exact) mass is 269 g/mol. The molecular formula is C11H15N3OS2. The van der Waals surface area contributed by atoms with E-state index in [2.05, 4.69) is 9.88 Å². The number of nitrogens with zero attached hydrogens (tertiary/aromatic N) is 2. The van der Waals surface area contributed by atoms with E-state index in [0.29, 0.717) is 16.5 Å². The van der Waals surface area contributed by atoms with Crippen LogP contribution < -0.4 is 10.6 Å². The Hall–Kier alpha value is -1.01. The molecule has 2 rings (SSSR count). The molecule has 2 heterocycles. The lowest BCUT2D eigenvalue weighted by Gasteiger charge is -2.29.